The molecular formula is C12H14O2. The molecule has 0 aliphatic carbocycles. The molecule has 0 saturated carbocycles. The van der Waals surface area contributed by atoms with Crippen molar-refractivity contribution in [1.29, 1.82) is 0 Å². The van der Waals surface area contributed by atoms with Crippen LogP contribution >= 0.6 is 0 Å². The lowest BCUT2D eigenvalue weighted by atomic mass is 10.1. The van der Waals surface area contributed by atoms with Crippen LogP contribution in [0.25, 0.3) is 12.2 Å². The predicted octanol–water partition coefficient (Wildman–Crippen LogP) is 2.99. The Morgan fingerprint density at radius 2 is 1.36 bits per heavy atom. The second-order valence-corrected chi connectivity index (χ2v) is 2.74. The SMILES string of the molecule is C=Cc1cc(C=C)c(OC)cc1OC. The van der Waals surface area contributed by atoms with E-state index in [1.165, 1.54) is 0 Å². The molecule has 0 atom stereocenters. The number of benzene rings is 1. The monoisotopic (exact) mass is 190 g/mol. The van der Waals surface area contributed by atoms with E-state index >= 15 is 0 Å². The predicted molar refractivity (Wildman–Crippen MR) is 59.7 cm³/mol. The molecule has 0 heterocycles. The lowest BCUT2D eigenvalue weighted by Crippen LogP contribution is -1.92. The van der Waals surface area contributed by atoms with Crippen LogP contribution in [-0.4, -0.2) is 14.2 Å². The van der Waals surface area contributed by atoms with E-state index in [-0.39, 0.29) is 0 Å². The molecule has 0 N–H and O–H groups in total. The second-order valence-electron chi connectivity index (χ2n) is 2.74. The van der Waals surface area contributed by atoms with Gasteiger partial charge in [0.1, 0.15) is 11.5 Å². The standard InChI is InChI=1S/C12H14O2/c1-5-9-7-10(6-2)12(14-4)8-11(9)13-3/h5-8H,1-2H2,3-4H3. The molecule has 0 aromatic heterocycles. The van der Waals surface area contributed by atoms with Gasteiger partial charge in [-0.1, -0.05) is 25.3 Å². The quantitative estimate of drug-likeness (QED) is 0.726. The fourth-order valence-electron chi connectivity index (χ4n) is 1.27. The van der Waals surface area contributed by atoms with Gasteiger partial charge in [0.2, 0.25) is 0 Å². The first kappa shape index (κ1) is 10.4. The van der Waals surface area contributed by atoms with E-state index in [0.717, 1.165) is 22.6 Å². The summed E-state index contributed by atoms with van der Waals surface area (Å²) in [5, 5.41) is 0. The highest BCUT2D eigenvalue weighted by molar-refractivity contribution is 5.66. The normalized spacial score (nSPS) is 9.29. The first-order valence-corrected chi connectivity index (χ1v) is 4.27. The van der Waals surface area contributed by atoms with Crippen LogP contribution in [0, 0.1) is 0 Å². The van der Waals surface area contributed by atoms with E-state index < -0.39 is 0 Å². The van der Waals surface area contributed by atoms with E-state index in [1.54, 1.807) is 26.4 Å². The van der Waals surface area contributed by atoms with Crippen molar-refractivity contribution in [2.24, 2.45) is 0 Å². The molecule has 14 heavy (non-hydrogen) atoms. The Kier molecular flexibility index (Phi) is 3.35. The fraction of sp³-hybridized carbons (Fsp3) is 0.167. The van der Waals surface area contributed by atoms with Gasteiger partial charge in [-0.2, -0.15) is 0 Å². The van der Waals surface area contributed by atoms with Crippen LogP contribution in [0.3, 0.4) is 0 Å². The average molecular weight is 190 g/mol. The first-order valence-electron chi connectivity index (χ1n) is 4.27. The summed E-state index contributed by atoms with van der Waals surface area (Å²) in [6.45, 7) is 7.43. The summed E-state index contributed by atoms with van der Waals surface area (Å²) >= 11 is 0. The summed E-state index contributed by atoms with van der Waals surface area (Å²) in [5.41, 5.74) is 1.87. The Balaban J connectivity index is 3.34. The van der Waals surface area contributed by atoms with E-state index in [2.05, 4.69) is 13.2 Å². The third-order valence-corrected chi connectivity index (χ3v) is 2.02. The lowest BCUT2D eigenvalue weighted by molar-refractivity contribution is 0.393. The van der Waals surface area contributed by atoms with Crippen molar-refractivity contribution < 1.29 is 9.47 Å². The zero-order valence-corrected chi connectivity index (χ0v) is 8.54. The van der Waals surface area contributed by atoms with Crippen molar-refractivity contribution in [3.63, 3.8) is 0 Å². The molecule has 0 aliphatic heterocycles. The molecule has 1 aromatic rings. The zero-order chi connectivity index (χ0) is 10.6. The second kappa shape index (κ2) is 4.51. The maximum absolute atomic E-state index is 5.19. The minimum atomic E-state index is 0.752. The van der Waals surface area contributed by atoms with Crippen LogP contribution in [-0.2, 0) is 0 Å². The van der Waals surface area contributed by atoms with Crippen LogP contribution in [0.5, 0.6) is 11.5 Å². The third kappa shape index (κ3) is 1.79. The van der Waals surface area contributed by atoms with Crippen LogP contribution in [0.4, 0.5) is 0 Å². The highest BCUT2D eigenvalue weighted by Gasteiger charge is 2.06. The van der Waals surface area contributed by atoms with Crippen molar-refractivity contribution in [1.82, 2.24) is 0 Å². The highest BCUT2D eigenvalue weighted by atomic mass is 16.5. The summed E-state index contributed by atoms with van der Waals surface area (Å²) in [6, 6.07) is 3.76. The Labute approximate surface area is 84.5 Å². The molecule has 1 aromatic carbocycles. The molecular weight excluding hydrogens is 176 g/mol. The average Bonchev–Trinajstić information content (AvgIpc) is 2.26. The molecule has 0 radical (unpaired) electrons. The molecule has 2 nitrogen and oxygen atoms in total. The van der Waals surface area contributed by atoms with Crippen molar-refractivity contribution in [3.8, 4) is 11.5 Å². The largest absolute Gasteiger partial charge is 0.496 e. The highest BCUT2D eigenvalue weighted by Crippen LogP contribution is 2.30. The molecule has 74 valence electrons. The number of rotatable bonds is 4. The molecule has 1 rings (SSSR count). The first-order chi connectivity index (χ1) is 6.76. The Morgan fingerprint density at radius 1 is 0.929 bits per heavy atom. The lowest BCUT2D eigenvalue weighted by Gasteiger charge is -2.10. The summed E-state index contributed by atoms with van der Waals surface area (Å²) in [7, 11) is 3.24. The minimum absolute atomic E-state index is 0.752. The molecule has 2 heteroatoms. The van der Waals surface area contributed by atoms with E-state index in [1.807, 2.05) is 12.1 Å². The van der Waals surface area contributed by atoms with Crippen molar-refractivity contribution in [3.05, 3.63) is 36.4 Å². The van der Waals surface area contributed by atoms with E-state index in [0.29, 0.717) is 0 Å². The summed E-state index contributed by atoms with van der Waals surface area (Å²) < 4.78 is 10.4. The van der Waals surface area contributed by atoms with Crippen molar-refractivity contribution in [2.45, 2.75) is 0 Å². The maximum atomic E-state index is 5.19. The number of methoxy groups -OCH3 is 2. The molecule has 0 amide bonds. The Morgan fingerprint density at radius 3 is 1.64 bits per heavy atom. The Hall–Kier alpha value is -1.70. The summed E-state index contributed by atoms with van der Waals surface area (Å²) in [5.74, 6) is 1.50. The van der Waals surface area contributed by atoms with Gasteiger partial charge in [0.05, 0.1) is 14.2 Å². The minimum Gasteiger partial charge on any atom is -0.496 e. The topological polar surface area (TPSA) is 18.5 Å². The van der Waals surface area contributed by atoms with Gasteiger partial charge in [-0.15, -0.1) is 0 Å². The number of hydrogen-bond acceptors (Lipinski definition) is 2. The van der Waals surface area contributed by atoms with Gasteiger partial charge in [-0.25, -0.2) is 0 Å². The van der Waals surface area contributed by atoms with Crippen LogP contribution in [0.2, 0.25) is 0 Å². The summed E-state index contributed by atoms with van der Waals surface area (Å²) in [4.78, 5) is 0. The van der Waals surface area contributed by atoms with Gasteiger partial charge in [-0.3, -0.25) is 0 Å². The smallest absolute Gasteiger partial charge is 0.129 e. The van der Waals surface area contributed by atoms with Gasteiger partial charge in [0.15, 0.2) is 0 Å². The van der Waals surface area contributed by atoms with Crippen LogP contribution in [0.15, 0.2) is 25.3 Å². The molecule has 0 unspecified atom stereocenters. The third-order valence-electron chi connectivity index (χ3n) is 2.02. The van der Waals surface area contributed by atoms with Crippen molar-refractivity contribution >= 4 is 12.2 Å². The molecule has 0 fully saturated rings. The van der Waals surface area contributed by atoms with Crippen LogP contribution in [0.1, 0.15) is 11.1 Å². The zero-order valence-electron chi connectivity index (χ0n) is 8.54. The number of hydrogen-bond donors (Lipinski definition) is 0. The fourth-order valence-corrected chi connectivity index (χ4v) is 1.27. The van der Waals surface area contributed by atoms with Crippen LogP contribution < -0.4 is 9.47 Å². The van der Waals surface area contributed by atoms with Gasteiger partial charge in [-0.05, 0) is 6.07 Å². The molecule has 0 aliphatic rings. The summed E-state index contributed by atoms with van der Waals surface area (Å²) in [6.07, 6.45) is 3.48. The van der Waals surface area contributed by atoms with Gasteiger partial charge < -0.3 is 9.47 Å². The number of ether oxygens (including phenoxy) is 2. The maximum Gasteiger partial charge on any atom is 0.129 e. The van der Waals surface area contributed by atoms with Gasteiger partial charge in [0.25, 0.3) is 0 Å². The molecule has 0 saturated heterocycles. The van der Waals surface area contributed by atoms with Gasteiger partial charge >= 0.3 is 0 Å². The molecule has 0 spiro atoms. The Bertz CT molecular complexity index is 322. The van der Waals surface area contributed by atoms with E-state index in [4.69, 9.17) is 9.47 Å². The van der Waals surface area contributed by atoms with Crippen molar-refractivity contribution in [2.75, 3.05) is 14.2 Å². The molecule has 0 bridgehead atoms. The van der Waals surface area contributed by atoms with Gasteiger partial charge in [0, 0.05) is 17.2 Å². The van der Waals surface area contributed by atoms with E-state index in [9.17, 15) is 0 Å².